The molecule has 0 aliphatic heterocycles. The lowest BCUT2D eigenvalue weighted by Crippen LogP contribution is -2.32. The molecule has 2 rings (SSSR count). The quantitative estimate of drug-likeness (QED) is 0.770. The molecule has 0 radical (unpaired) electrons. The summed E-state index contributed by atoms with van der Waals surface area (Å²) >= 11 is 0. The Morgan fingerprint density at radius 3 is 2.80 bits per heavy atom. The van der Waals surface area contributed by atoms with Crippen LogP contribution in [0.4, 0.5) is 0 Å². The average Bonchev–Trinajstić information content (AvgIpc) is 2.87. The summed E-state index contributed by atoms with van der Waals surface area (Å²) in [5, 5.41) is 8.32. The van der Waals surface area contributed by atoms with E-state index in [1.54, 1.807) is 0 Å². The van der Waals surface area contributed by atoms with Gasteiger partial charge in [-0.25, -0.2) is 0 Å². The lowest BCUT2D eigenvalue weighted by molar-refractivity contribution is 0.217. The highest BCUT2D eigenvalue weighted by atomic mass is 15.2. The third kappa shape index (κ3) is 4.08. The molecule has 1 aliphatic carbocycles. The maximum Gasteiger partial charge on any atom is 0.0658 e. The summed E-state index contributed by atoms with van der Waals surface area (Å²) in [5.41, 5.74) is 1.32. The molecule has 114 valence electrons. The first-order valence-electron chi connectivity index (χ1n) is 8.44. The summed E-state index contributed by atoms with van der Waals surface area (Å²) in [6.07, 6.45) is 10.1. The van der Waals surface area contributed by atoms with Crippen molar-refractivity contribution in [3.8, 4) is 0 Å². The van der Waals surface area contributed by atoms with Crippen LogP contribution in [0.25, 0.3) is 0 Å². The minimum atomic E-state index is 0.658. The summed E-state index contributed by atoms with van der Waals surface area (Å²) in [6.45, 7) is 6.85. The minimum Gasteiger partial charge on any atom is -0.316 e. The fourth-order valence-corrected chi connectivity index (χ4v) is 3.69. The average molecular weight is 277 g/mol. The number of nitrogens with one attached hydrogen (secondary N) is 1. The van der Waals surface area contributed by atoms with Gasteiger partial charge in [-0.3, -0.25) is 4.68 Å². The molecule has 1 saturated carbocycles. The summed E-state index contributed by atoms with van der Waals surface area (Å²) in [4.78, 5) is 0. The van der Waals surface area contributed by atoms with Crippen LogP contribution in [0, 0.1) is 11.8 Å². The van der Waals surface area contributed by atoms with Crippen molar-refractivity contribution < 1.29 is 0 Å². The first kappa shape index (κ1) is 15.6. The van der Waals surface area contributed by atoms with E-state index in [9.17, 15) is 0 Å². The van der Waals surface area contributed by atoms with E-state index in [1.165, 1.54) is 44.2 Å². The van der Waals surface area contributed by atoms with Crippen molar-refractivity contribution in [3.05, 3.63) is 18.0 Å². The fraction of sp³-hybridized carbons (Fsp3) is 0.824. The Labute approximate surface area is 124 Å². The minimum absolute atomic E-state index is 0.658. The molecular weight excluding hydrogens is 246 g/mol. The molecule has 3 nitrogen and oxygen atoms in total. The standard InChI is InChI=1S/C17H31N3/c1-4-6-14-7-8-15(13-18-10-5-2)16(12-14)17-9-11-20(3)19-17/h9,11,14-16,18H,4-8,10,12-13H2,1-3H3. The second-order valence-corrected chi connectivity index (χ2v) is 6.45. The maximum atomic E-state index is 4.70. The normalized spacial score (nSPS) is 26.9. The van der Waals surface area contributed by atoms with Crippen LogP contribution in [0.2, 0.25) is 0 Å². The van der Waals surface area contributed by atoms with E-state index in [4.69, 9.17) is 5.10 Å². The van der Waals surface area contributed by atoms with Gasteiger partial charge in [0.25, 0.3) is 0 Å². The summed E-state index contributed by atoms with van der Waals surface area (Å²) in [6, 6.07) is 2.23. The fourth-order valence-electron chi connectivity index (χ4n) is 3.69. The van der Waals surface area contributed by atoms with Crippen LogP contribution in [0.1, 0.15) is 64.0 Å². The Morgan fingerprint density at radius 2 is 2.15 bits per heavy atom. The molecule has 3 unspecified atom stereocenters. The molecule has 3 heteroatoms. The van der Waals surface area contributed by atoms with Crippen LogP contribution in [-0.4, -0.2) is 22.9 Å². The molecule has 0 amide bonds. The van der Waals surface area contributed by atoms with Gasteiger partial charge in [0.1, 0.15) is 0 Å². The molecule has 0 spiro atoms. The van der Waals surface area contributed by atoms with Crippen LogP contribution < -0.4 is 5.32 Å². The van der Waals surface area contributed by atoms with Crippen LogP contribution in [0.5, 0.6) is 0 Å². The summed E-state index contributed by atoms with van der Waals surface area (Å²) in [5.74, 6) is 2.34. The zero-order valence-corrected chi connectivity index (χ0v) is 13.4. The highest BCUT2D eigenvalue weighted by Gasteiger charge is 2.32. The van der Waals surface area contributed by atoms with Gasteiger partial charge in [0.05, 0.1) is 5.69 Å². The van der Waals surface area contributed by atoms with E-state index in [-0.39, 0.29) is 0 Å². The molecule has 1 N–H and O–H groups in total. The van der Waals surface area contributed by atoms with Gasteiger partial charge in [0.2, 0.25) is 0 Å². The highest BCUT2D eigenvalue weighted by molar-refractivity contribution is 5.10. The van der Waals surface area contributed by atoms with Crippen LogP contribution in [-0.2, 0) is 7.05 Å². The molecule has 1 aliphatic rings. The highest BCUT2D eigenvalue weighted by Crippen LogP contribution is 2.41. The molecule has 0 saturated heterocycles. The first-order chi connectivity index (χ1) is 9.74. The monoisotopic (exact) mass is 277 g/mol. The van der Waals surface area contributed by atoms with Crippen molar-refractivity contribution in [2.24, 2.45) is 18.9 Å². The number of hydrogen-bond acceptors (Lipinski definition) is 2. The van der Waals surface area contributed by atoms with Crippen molar-refractivity contribution in [1.29, 1.82) is 0 Å². The van der Waals surface area contributed by atoms with Crippen LogP contribution in [0.15, 0.2) is 12.3 Å². The van der Waals surface area contributed by atoms with Gasteiger partial charge in [-0.15, -0.1) is 0 Å². The predicted octanol–water partition coefficient (Wildman–Crippen LogP) is 3.72. The zero-order chi connectivity index (χ0) is 14.4. The molecule has 1 aromatic rings. The van der Waals surface area contributed by atoms with Gasteiger partial charge < -0.3 is 5.32 Å². The second kappa shape index (κ2) is 7.82. The molecule has 3 atom stereocenters. The number of aromatic nitrogens is 2. The Kier molecular flexibility index (Phi) is 6.08. The van der Waals surface area contributed by atoms with Gasteiger partial charge in [-0.05, 0) is 50.3 Å². The topological polar surface area (TPSA) is 29.9 Å². The van der Waals surface area contributed by atoms with Crippen molar-refractivity contribution in [2.45, 2.75) is 58.3 Å². The van der Waals surface area contributed by atoms with E-state index >= 15 is 0 Å². The lowest BCUT2D eigenvalue weighted by Gasteiger charge is -2.35. The molecule has 0 aromatic carbocycles. The van der Waals surface area contributed by atoms with E-state index in [1.807, 2.05) is 11.7 Å². The molecular formula is C17H31N3. The number of aryl methyl sites for hydroxylation is 1. The Bertz CT molecular complexity index is 385. The number of hydrogen-bond donors (Lipinski definition) is 1. The van der Waals surface area contributed by atoms with Crippen molar-refractivity contribution >= 4 is 0 Å². The Balaban J connectivity index is 2.01. The van der Waals surface area contributed by atoms with Gasteiger partial charge in [0, 0.05) is 19.2 Å². The second-order valence-electron chi connectivity index (χ2n) is 6.45. The largest absolute Gasteiger partial charge is 0.316 e. The molecule has 1 aromatic heterocycles. The van der Waals surface area contributed by atoms with Crippen molar-refractivity contribution in [3.63, 3.8) is 0 Å². The van der Waals surface area contributed by atoms with E-state index < -0.39 is 0 Å². The Morgan fingerprint density at radius 1 is 1.30 bits per heavy atom. The summed E-state index contributed by atoms with van der Waals surface area (Å²) < 4.78 is 1.95. The van der Waals surface area contributed by atoms with Gasteiger partial charge in [-0.2, -0.15) is 5.10 Å². The maximum absolute atomic E-state index is 4.70. The molecule has 0 bridgehead atoms. The SMILES string of the molecule is CCCNCC1CCC(CCC)CC1c1ccn(C)n1. The van der Waals surface area contributed by atoms with Gasteiger partial charge in [-0.1, -0.05) is 33.1 Å². The first-order valence-corrected chi connectivity index (χ1v) is 8.44. The lowest BCUT2D eigenvalue weighted by atomic mass is 9.71. The zero-order valence-electron chi connectivity index (χ0n) is 13.4. The van der Waals surface area contributed by atoms with E-state index in [2.05, 4.69) is 31.4 Å². The Hall–Kier alpha value is -0.830. The van der Waals surface area contributed by atoms with E-state index in [0.29, 0.717) is 5.92 Å². The van der Waals surface area contributed by atoms with Gasteiger partial charge >= 0.3 is 0 Å². The smallest absolute Gasteiger partial charge is 0.0658 e. The third-order valence-corrected chi connectivity index (χ3v) is 4.75. The molecule has 1 fully saturated rings. The molecule has 20 heavy (non-hydrogen) atoms. The van der Waals surface area contributed by atoms with Crippen molar-refractivity contribution in [1.82, 2.24) is 15.1 Å². The number of rotatable bonds is 7. The predicted molar refractivity (Wildman–Crippen MR) is 84.8 cm³/mol. The third-order valence-electron chi connectivity index (χ3n) is 4.75. The van der Waals surface area contributed by atoms with Crippen molar-refractivity contribution in [2.75, 3.05) is 13.1 Å². The van der Waals surface area contributed by atoms with E-state index in [0.717, 1.165) is 24.9 Å². The van der Waals surface area contributed by atoms with Gasteiger partial charge in [0.15, 0.2) is 0 Å². The van der Waals surface area contributed by atoms with Crippen LogP contribution >= 0.6 is 0 Å². The van der Waals surface area contributed by atoms with Crippen LogP contribution in [0.3, 0.4) is 0 Å². The summed E-state index contributed by atoms with van der Waals surface area (Å²) in [7, 11) is 2.03. The molecule has 1 heterocycles. The number of nitrogens with zero attached hydrogens (tertiary/aromatic N) is 2.